The molecule has 0 heterocycles. The lowest BCUT2D eigenvalue weighted by atomic mass is 9.85. The smallest absolute Gasteiger partial charge is 0.00739 e. The Bertz CT molecular complexity index is 195. The van der Waals surface area contributed by atoms with Crippen molar-refractivity contribution in [3.8, 4) is 0 Å². The first-order valence-electron chi connectivity index (χ1n) is 7.63. The van der Waals surface area contributed by atoms with Crippen LogP contribution in [0, 0.1) is 17.3 Å². The van der Waals surface area contributed by atoms with Crippen LogP contribution in [0.4, 0.5) is 0 Å². The Hall–Kier alpha value is -0.0800. The van der Waals surface area contributed by atoms with E-state index in [2.05, 4.69) is 53.4 Å². The van der Waals surface area contributed by atoms with Crippen molar-refractivity contribution in [1.82, 2.24) is 4.90 Å². The zero-order valence-corrected chi connectivity index (χ0v) is 13.8. The molecule has 18 heavy (non-hydrogen) atoms. The topological polar surface area (TPSA) is 29.3 Å². The number of rotatable bonds is 9. The second kappa shape index (κ2) is 8.16. The molecule has 0 radical (unpaired) electrons. The second-order valence-corrected chi connectivity index (χ2v) is 7.42. The summed E-state index contributed by atoms with van der Waals surface area (Å²) in [7, 11) is 0. The average molecular weight is 256 g/mol. The monoisotopic (exact) mass is 256 g/mol. The molecule has 0 aliphatic heterocycles. The van der Waals surface area contributed by atoms with Crippen LogP contribution >= 0.6 is 0 Å². The Morgan fingerprint density at radius 3 is 1.56 bits per heavy atom. The number of hydrogen-bond acceptors (Lipinski definition) is 2. The summed E-state index contributed by atoms with van der Waals surface area (Å²) in [6.07, 6.45) is 2.57. The Morgan fingerprint density at radius 2 is 1.28 bits per heavy atom. The van der Waals surface area contributed by atoms with E-state index in [0.717, 1.165) is 18.4 Å². The summed E-state index contributed by atoms with van der Waals surface area (Å²) in [4.78, 5) is 2.61. The molecule has 2 heteroatoms. The van der Waals surface area contributed by atoms with Crippen LogP contribution in [0.25, 0.3) is 0 Å². The van der Waals surface area contributed by atoms with E-state index in [4.69, 9.17) is 5.73 Å². The van der Waals surface area contributed by atoms with Crippen molar-refractivity contribution in [1.29, 1.82) is 0 Å². The number of nitrogens with two attached hydrogens (primary N) is 1. The molecule has 0 saturated heterocycles. The number of nitrogens with zero attached hydrogens (tertiary/aromatic N) is 1. The third-order valence-electron chi connectivity index (χ3n) is 3.91. The van der Waals surface area contributed by atoms with Crippen molar-refractivity contribution < 1.29 is 0 Å². The maximum absolute atomic E-state index is 6.10. The normalized spacial score (nSPS) is 14.8. The van der Waals surface area contributed by atoms with Crippen molar-refractivity contribution >= 4 is 0 Å². The molecule has 2 N–H and O–H groups in total. The Labute approximate surface area is 115 Å². The van der Waals surface area contributed by atoms with Gasteiger partial charge in [0.05, 0.1) is 0 Å². The zero-order valence-electron chi connectivity index (χ0n) is 13.8. The van der Waals surface area contributed by atoms with Crippen LogP contribution in [0.5, 0.6) is 0 Å². The summed E-state index contributed by atoms with van der Waals surface area (Å²) in [6, 6.07) is 0.248. The van der Waals surface area contributed by atoms with Gasteiger partial charge in [-0.3, -0.25) is 0 Å². The van der Waals surface area contributed by atoms with E-state index < -0.39 is 0 Å². The van der Waals surface area contributed by atoms with Gasteiger partial charge >= 0.3 is 0 Å². The fourth-order valence-corrected chi connectivity index (χ4v) is 1.87. The lowest BCUT2D eigenvalue weighted by Crippen LogP contribution is -2.45. The van der Waals surface area contributed by atoms with Crippen molar-refractivity contribution in [2.24, 2.45) is 23.0 Å². The Kier molecular flexibility index (Phi) is 8.13. The third kappa shape index (κ3) is 8.10. The summed E-state index contributed by atoms with van der Waals surface area (Å²) < 4.78 is 0. The molecule has 1 unspecified atom stereocenters. The first-order valence-corrected chi connectivity index (χ1v) is 7.63. The van der Waals surface area contributed by atoms with Gasteiger partial charge in [0.1, 0.15) is 0 Å². The fourth-order valence-electron chi connectivity index (χ4n) is 1.87. The van der Waals surface area contributed by atoms with E-state index in [0.29, 0.717) is 0 Å². The van der Waals surface area contributed by atoms with Gasteiger partial charge < -0.3 is 10.6 Å². The largest absolute Gasteiger partial charge is 0.327 e. The molecule has 0 fully saturated rings. The highest BCUT2D eigenvalue weighted by atomic mass is 15.1. The quantitative estimate of drug-likeness (QED) is 0.680. The van der Waals surface area contributed by atoms with Gasteiger partial charge in [-0.2, -0.15) is 0 Å². The lowest BCUT2D eigenvalue weighted by molar-refractivity contribution is 0.146. The minimum Gasteiger partial charge on any atom is -0.327 e. The predicted octanol–water partition coefficient (Wildman–Crippen LogP) is 3.75. The molecule has 0 aromatic heterocycles. The average Bonchev–Trinajstić information content (AvgIpc) is 2.21. The standard InChI is InChI=1S/C16H36N2/c1-13(2)8-10-18(11-9-14(3)4)12-16(6,7)15(5)17/h13-15H,8-12,17H2,1-7H3. The van der Waals surface area contributed by atoms with Crippen LogP contribution in [0.1, 0.15) is 61.3 Å². The predicted molar refractivity (Wildman–Crippen MR) is 82.8 cm³/mol. The summed E-state index contributed by atoms with van der Waals surface area (Å²) in [5.41, 5.74) is 6.31. The molecule has 0 bridgehead atoms. The van der Waals surface area contributed by atoms with Crippen LogP contribution in [-0.4, -0.2) is 30.6 Å². The van der Waals surface area contributed by atoms with Crippen LogP contribution in [0.15, 0.2) is 0 Å². The summed E-state index contributed by atoms with van der Waals surface area (Å²) in [5, 5.41) is 0. The van der Waals surface area contributed by atoms with Gasteiger partial charge in [-0.1, -0.05) is 41.5 Å². The second-order valence-electron chi connectivity index (χ2n) is 7.42. The Balaban J connectivity index is 4.36. The zero-order chi connectivity index (χ0) is 14.3. The highest BCUT2D eigenvalue weighted by molar-refractivity contribution is 4.81. The number of hydrogen-bond donors (Lipinski definition) is 1. The van der Waals surface area contributed by atoms with Crippen LogP contribution in [0.3, 0.4) is 0 Å². The van der Waals surface area contributed by atoms with Crippen molar-refractivity contribution in [3.05, 3.63) is 0 Å². The summed E-state index contributed by atoms with van der Waals surface area (Å²) in [6.45, 7) is 19.4. The summed E-state index contributed by atoms with van der Waals surface area (Å²) >= 11 is 0. The first kappa shape index (κ1) is 17.9. The van der Waals surface area contributed by atoms with Crippen LogP contribution < -0.4 is 5.73 Å². The van der Waals surface area contributed by atoms with Crippen molar-refractivity contribution in [2.75, 3.05) is 19.6 Å². The summed E-state index contributed by atoms with van der Waals surface area (Å²) in [5.74, 6) is 1.56. The molecule has 0 rings (SSSR count). The van der Waals surface area contributed by atoms with E-state index in [9.17, 15) is 0 Å². The molecular weight excluding hydrogens is 220 g/mol. The maximum Gasteiger partial charge on any atom is 0.00739 e. The molecule has 1 atom stereocenters. The Morgan fingerprint density at radius 1 is 0.889 bits per heavy atom. The van der Waals surface area contributed by atoms with Gasteiger partial charge in [0.2, 0.25) is 0 Å². The molecule has 0 aliphatic carbocycles. The van der Waals surface area contributed by atoms with E-state index in [-0.39, 0.29) is 11.5 Å². The molecule has 110 valence electrons. The molecule has 2 nitrogen and oxygen atoms in total. The van der Waals surface area contributed by atoms with Crippen LogP contribution in [-0.2, 0) is 0 Å². The minimum absolute atomic E-state index is 0.202. The highest BCUT2D eigenvalue weighted by Crippen LogP contribution is 2.21. The third-order valence-corrected chi connectivity index (χ3v) is 3.91. The van der Waals surface area contributed by atoms with Gasteiger partial charge in [-0.15, -0.1) is 0 Å². The SMILES string of the molecule is CC(C)CCN(CCC(C)C)CC(C)(C)C(C)N. The molecule has 0 saturated carbocycles. The first-order chi connectivity index (χ1) is 8.15. The molecule has 0 aromatic rings. The van der Waals surface area contributed by atoms with Crippen molar-refractivity contribution in [3.63, 3.8) is 0 Å². The van der Waals surface area contributed by atoms with E-state index in [1.807, 2.05) is 0 Å². The maximum atomic E-state index is 6.10. The van der Waals surface area contributed by atoms with E-state index >= 15 is 0 Å². The lowest BCUT2D eigenvalue weighted by Gasteiger charge is -2.36. The molecular formula is C16H36N2. The molecule has 0 aromatic carbocycles. The minimum atomic E-state index is 0.202. The molecule has 0 aliphatic rings. The fraction of sp³-hybridized carbons (Fsp3) is 1.00. The molecule has 0 amide bonds. The van der Waals surface area contributed by atoms with Gasteiger partial charge in [0.15, 0.2) is 0 Å². The highest BCUT2D eigenvalue weighted by Gasteiger charge is 2.25. The van der Waals surface area contributed by atoms with Gasteiger partial charge in [0, 0.05) is 12.6 Å². The van der Waals surface area contributed by atoms with Gasteiger partial charge in [0.25, 0.3) is 0 Å². The van der Waals surface area contributed by atoms with Crippen molar-refractivity contribution in [2.45, 2.75) is 67.3 Å². The van der Waals surface area contributed by atoms with Crippen LogP contribution in [0.2, 0.25) is 0 Å². The van der Waals surface area contributed by atoms with E-state index in [1.165, 1.54) is 25.9 Å². The molecule has 0 spiro atoms. The van der Waals surface area contributed by atoms with E-state index in [1.54, 1.807) is 0 Å². The van der Waals surface area contributed by atoms with Gasteiger partial charge in [-0.25, -0.2) is 0 Å². The van der Waals surface area contributed by atoms with Gasteiger partial charge in [-0.05, 0) is 50.1 Å².